The molecule has 0 unspecified atom stereocenters. The van der Waals surface area contributed by atoms with Crippen LogP contribution in [0, 0.1) is 0 Å². The van der Waals surface area contributed by atoms with E-state index in [1.807, 2.05) is 18.2 Å². The highest BCUT2D eigenvalue weighted by molar-refractivity contribution is 7.80. The molecule has 0 aromatic heterocycles. The number of hydrazine groups is 1. The maximum atomic E-state index is 4.94. The minimum atomic E-state index is 0.550. The summed E-state index contributed by atoms with van der Waals surface area (Å²) < 4.78 is 0. The molecule has 0 saturated heterocycles. The van der Waals surface area contributed by atoms with Gasteiger partial charge in [-0.15, -0.1) is 0 Å². The van der Waals surface area contributed by atoms with Crippen LogP contribution in [0.4, 0.5) is 5.69 Å². The second kappa shape index (κ2) is 4.27. The Bertz CT molecular complexity index is 414. The van der Waals surface area contributed by atoms with Crippen LogP contribution in [0.1, 0.15) is 5.56 Å². The first-order chi connectivity index (χ1) is 7.29. The van der Waals surface area contributed by atoms with Crippen molar-refractivity contribution in [1.82, 2.24) is 16.2 Å². The molecule has 0 atom stereocenters. The first kappa shape index (κ1) is 9.92. The second-order valence-electron chi connectivity index (χ2n) is 3.19. The fourth-order valence-corrected chi connectivity index (χ4v) is 1.45. The summed E-state index contributed by atoms with van der Waals surface area (Å²) in [5.74, 6) is 0.883. The number of aliphatic imine (C=N–C) groups is 1. The molecule has 4 nitrogen and oxygen atoms in total. The molecule has 1 heterocycles. The average Bonchev–Trinajstić information content (AvgIpc) is 2.68. The first-order valence-corrected chi connectivity index (χ1v) is 5.09. The molecule has 1 aromatic carbocycles. The first-order valence-electron chi connectivity index (χ1n) is 4.69. The second-order valence-corrected chi connectivity index (χ2v) is 3.60. The molecule has 1 aromatic rings. The highest BCUT2D eigenvalue weighted by Gasteiger charge is 2.12. The summed E-state index contributed by atoms with van der Waals surface area (Å²) >= 11 is 4.94. The van der Waals surface area contributed by atoms with Gasteiger partial charge in [0, 0.05) is 13.5 Å². The lowest BCUT2D eigenvalue weighted by molar-refractivity contribution is 0.835. The lowest BCUT2D eigenvalue weighted by Gasteiger charge is -2.08. The van der Waals surface area contributed by atoms with Crippen LogP contribution in [0.2, 0.25) is 0 Å². The van der Waals surface area contributed by atoms with Crippen LogP contribution >= 0.6 is 12.2 Å². The maximum absolute atomic E-state index is 4.94. The van der Waals surface area contributed by atoms with Gasteiger partial charge in [-0.25, -0.2) is 4.99 Å². The molecule has 0 amide bonds. The molecule has 3 N–H and O–H groups in total. The summed E-state index contributed by atoms with van der Waals surface area (Å²) in [4.78, 5) is 4.41. The van der Waals surface area contributed by atoms with Crippen molar-refractivity contribution in [1.29, 1.82) is 0 Å². The molecule has 0 fully saturated rings. The molecule has 1 aliphatic heterocycles. The predicted molar refractivity (Wildman–Crippen MR) is 65.2 cm³/mol. The van der Waals surface area contributed by atoms with Crippen molar-refractivity contribution >= 4 is 28.9 Å². The Hall–Kier alpha value is -1.62. The smallest absolute Gasteiger partial charge is 0.184 e. The molecule has 15 heavy (non-hydrogen) atoms. The zero-order chi connectivity index (χ0) is 10.7. The van der Waals surface area contributed by atoms with Crippen molar-refractivity contribution in [2.24, 2.45) is 4.99 Å². The van der Waals surface area contributed by atoms with Crippen molar-refractivity contribution in [2.75, 3.05) is 7.05 Å². The Morgan fingerprint density at radius 3 is 2.93 bits per heavy atom. The fourth-order valence-electron chi connectivity index (χ4n) is 1.40. The SMILES string of the molecule is CNC(=S)NNC1=Nc2ccccc2C1. The largest absolute Gasteiger partial charge is 0.364 e. The molecule has 2 rings (SSSR count). The summed E-state index contributed by atoms with van der Waals surface area (Å²) in [5.41, 5.74) is 8.08. The Morgan fingerprint density at radius 2 is 2.20 bits per heavy atom. The van der Waals surface area contributed by atoms with Crippen LogP contribution < -0.4 is 16.2 Å². The summed E-state index contributed by atoms with van der Waals surface area (Å²) in [6, 6.07) is 8.07. The van der Waals surface area contributed by atoms with E-state index in [0.717, 1.165) is 17.9 Å². The van der Waals surface area contributed by atoms with E-state index in [9.17, 15) is 0 Å². The fraction of sp³-hybridized carbons (Fsp3) is 0.200. The Morgan fingerprint density at radius 1 is 1.40 bits per heavy atom. The van der Waals surface area contributed by atoms with Gasteiger partial charge in [0.2, 0.25) is 0 Å². The number of benzene rings is 1. The minimum Gasteiger partial charge on any atom is -0.364 e. The number of hydrogen-bond donors (Lipinski definition) is 3. The van der Waals surface area contributed by atoms with Gasteiger partial charge in [-0.1, -0.05) is 18.2 Å². The van der Waals surface area contributed by atoms with Gasteiger partial charge in [-0.05, 0) is 23.8 Å². The van der Waals surface area contributed by atoms with Gasteiger partial charge < -0.3 is 5.32 Å². The molecule has 0 saturated carbocycles. The van der Waals surface area contributed by atoms with Crippen LogP contribution in [0.5, 0.6) is 0 Å². The van der Waals surface area contributed by atoms with E-state index < -0.39 is 0 Å². The number of amidine groups is 1. The van der Waals surface area contributed by atoms with Gasteiger partial charge in [-0.3, -0.25) is 10.9 Å². The molecule has 1 aliphatic rings. The molecule has 0 spiro atoms. The van der Waals surface area contributed by atoms with E-state index in [4.69, 9.17) is 12.2 Å². The third-order valence-corrected chi connectivity index (χ3v) is 2.46. The van der Waals surface area contributed by atoms with Crippen molar-refractivity contribution < 1.29 is 0 Å². The number of nitrogens with zero attached hydrogens (tertiary/aromatic N) is 1. The molecular formula is C10H12N4S. The number of fused-ring (bicyclic) bond motifs is 1. The standard InChI is InChI=1S/C10H12N4S/c1-11-10(15)14-13-9-6-7-4-2-3-5-8(7)12-9/h2-5H,6H2,1H3,(H,12,13)(H2,11,14,15). The molecule has 0 aliphatic carbocycles. The van der Waals surface area contributed by atoms with Gasteiger partial charge in [0.05, 0.1) is 5.69 Å². The molecule has 5 heteroatoms. The van der Waals surface area contributed by atoms with Crippen LogP contribution in [0.25, 0.3) is 0 Å². The monoisotopic (exact) mass is 220 g/mol. The number of hydrogen-bond acceptors (Lipinski definition) is 3. The lowest BCUT2D eigenvalue weighted by Crippen LogP contribution is -2.45. The minimum absolute atomic E-state index is 0.550. The molecule has 78 valence electrons. The Labute approximate surface area is 93.8 Å². The molecular weight excluding hydrogens is 208 g/mol. The van der Waals surface area contributed by atoms with Crippen LogP contribution in [-0.4, -0.2) is 18.0 Å². The highest BCUT2D eigenvalue weighted by Crippen LogP contribution is 2.24. The van der Waals surface area contributed by atoms with Gasteiger partial charge in [0.15, 0.2) is 5.11 Å². The van der Waals surface area contributed by atoms with Crippen LogP contribution in [0.3, 0.4) is 0 Å². The van der Waals surface area contributed by atoms with E-state index >= 15 is 0 Å². The lowest BCUT2D eigenvalue weighted by atomic mass is 10.1. The summed E-state index contributed by atoms with van der Waals surface area (Å²) in [5, 5.41) is 3.36. The summed E-state index contributed by atoms with van der Waals surface area (Å²) in [7, 11) is 1.77. The zero-order valence-electron chi connectivity index (χ0n) is 8.37. The summed E-state index contributed by atoms with van der Waals surface area (Å²) in [6.45, 7) is 0. The Balaban J connectivity index is 1.97. The quantitative estimate of drug-likeness (QED) is 0.448. The Kier molecular flexibility index (Phi) is 2.82. The van der Waals surface area contributed by atoms with Crippen molar-refractivity contribution in [3.05, 3.63) is 29.8 Å². The topological polar surface area (TPSA) is 48.4 Å². The van der Waals surface area contributed by atoms with E-state index in [-0.39, 0.29) is 0 Å². The highest BCUT2D eigenvalue weighted by atomic mass is 32.1. The van der Waals surface area contributed by atoms with Crippen molar-refractivity contribution in [3.8, 4) is 0 Å². The normalized spacial score (nSPS) is 12.7. The van der Waals surface area contributed by atoms with E-state index in [1.54, 1.807) is 7.05 Å². The van der Waals surface area contributed by atoms with E-state index in [1.165, 1.54) is 5.56 Å². The zero-order valence-corrected chi connectivity index (χ0v) is 9.19. The van der Waals surface area contributed by atoms with Crippen molar-refractivity contribution in [3.63, 3.8) is 0 Å². The van der Waals surface area contributed by atoms with Gasteiger partial charge in [0.1, 0.15) is 5.84 Å². The number of para-hydroxylation sites is 1. The van der Waals surface area contributed by atoms with E-state index in [2.05, 4.69) is 27.2 Å². The predicted octanol–water partition coefficient (Wildman–Crippen LogP) is 0.871. The van der Waals surface area contributed by atoms with Crippen LogP contribution in [-0.2, 0) is 6.42 Å². The van der Waals surface area contributed by atoms with Gasteiger partial charge >= 0.3 is 0 Å². The van der Waals surface area contributed by atoms with Gasteiger partial charge in [0.25, 0.3) is 0 Å². The number of nitrogens with one attached hydrogen (secondary N) is 3. The average molecular weight is 220 g/mol. The summed E-state index contributed by atoms with van der Waals surface area (Å²) in [6.07, 6.45) is 0.815. The van der Waals surface area contributed by atoms with E-state index in [0.29, 0.717) is 5.11 Å². The van der Waals surface area contributed by atoms with Crippen LogP contribution in [0.15, 0.2) is 29.3 Å². The maximum Gasteiger partial charge on any atom is 0.184 e. The third kappa shape index (κ3) is 2.24. The molecule has 0 bridgehead atoms. The van der Waals surface area contributed by atoms with Gasteiger partial charge in [-0.2, -0.15) is 0 Å². The third-order valence-electron chi connectivity index (χ3n) is 2.15. The number of rotatable bonds is 0. The van der Waals surface area contributed by atoms with Crippen molar-refractivity contribution in [2.45, 2.75) is 6.42 Å². The number of thiocarbonyl (C=S) groups is 1. The molecule has 0 radical (unpaired) electrons.